The van der Waals surface area contributed by atoms with E-state index in [0.717, 1.165) is 6.54 Å². The number of aryl methyl sites for hydroxylation is 2. The monoisotopic (exact) mass is 284 g/mol. The van der Waals surface area contributed by atoms with Crippen LogP contribution < -0.4 is 5.32 Å². The number of benzene rings is 1. The summed E-state index contributed by atoms with van der Waals surface area (Å²) in [5, 5.41) is 5.20. The minimum absolute atomic E-state index is 0.504. The smallest absolute Gasteiger partial charge is 0.0483 e. The standard InChI is InChI=1S/C19H28N2/c1-14-16-9-5-6-10-17(16)21(4)18(14)13-20-15-8-7-11-19(2,3)12-15/h5-6,9-10,15,20H,7-8,11-13H2,1-4H3. The van der Waals surface area contributed by atoms with Gasteiger partial charge in [0.2, 0.25) is 0 Å². The SMILES string of the molecule is Cc1c(CNC2CCCC(C)(C)C2)n(C)c2ccccc12. The molecule has 114 valence electrons. The van der Waals surface area contributed by atoms with Gasteiger partial charge in [-0.15, -0.1) is 0 Å². The van der Waals surface area contributed by atoms with E-state index >= 15 is 0 Å². The predicted octanol–water partition coefficient (Wildman–Crippen LogP) is 4.55. The second-order valence-electron chi connectivity index (χ2n) is 7.49. The molecule has 1 unspecified atom stereocenters. The fourth-order valence-corrected chi connectivity index (χ4v) is 4.00. The van der Waals surface area contributed by atoms with Crippen LogP contribution in [0.25, 0.3) is 10.9 Å². The number of para-hydroxylation sites is 1. The molecule has 1 aromatic carbocycles. The number of hydrogen-bond acceptors (Lipinski definition) is 1. The van der Waals surface area contributed by atoms with Crippen LogP contribution >= 0.6 is 0 Å². The van der Waals surface area contributed by atoms with Crippen molar-refractivity contribution in [2.75, 3.05) is 0 Å². The maximum Gasteiger partial charge on any atom is 0.0483 e. The average molecular weight is 284 g/mol. The van der Waals surface area contributed by atoms with Crippen molar-refractivity contribution in [2.45, 2.75) is 59.0 Å². The van der Waals surface area contributed by atoms with E-state index in [1.807, 2.05) is 0 Å². The number of nitrogens with one attached hydrogen (secondary N) is 1. The Balaban J connectivity index is 1.76. The first kappa shape index (κ1) is 14.6. The van der Waals surface area contributed by atoms with Crippen molar-refractivity contribution in [3.8, 4) is 0 Å². The molecule has 1 N–H and O–H groups in total. The second-order valence-corrected chi connectivity index (χ2v) is 7.49. The predicted molar refractivity (Wildman–Crippen MR) is 90.5 cm³/mol. The first-order chi connectivity index (χ1) is 9.98. The lowest BCUT2D eigenvalue weighted by Gasteiger charge is -2.35. The fraction of sp³-hybridized carbons (Fsp3) is 0.579. The lowest BCUT2D eigenvalue weighted by molar-refractivity contribution is 0.197. The molecule has 1 saturated carbocycles. The van der Waals surface area contributed by atoms with Crippen LogP contribution in [0, 0.1) is 12.3 Å². The van der Waals surface area contributed by atoms with Crippen molar-refractivity contribution >= 4 is 10.9 Å². The van der Waals surface area contributed by atoms with Crippen molar-refractivity contribution < 1.29 is 0 Å². The Kier molecular flexibility index (Phi) is 3.83. The maximum absolute atomic E-state index is 3.82. The van der Waals surface area contributed by atoms with E-state index in [1.54, 1.807) is 0 Å². The molecule has 1 aliphatic carbocycles. The van der Waals surface area contributed by atoms with Crippen molar-refractivity contribution in [2.24, 2.45) is 12.5 Å². The Morgan fingerprint density at radius 1 is 1.29 bits per heavy atom. The molecule has 21 heavy (non-hydrogen) atoms. The van der Waals surface area contributed by atoms with Crippen molar-refractivity contribution in [3.63, 3.8) is 0 Å². The normalized spacial score (nSPS) is 21.8. The Morgan fingerprint density at radius 3 is 2.76 bits per heavy atom. The highest BCUT2D eigenvalue weighted by Gasteiger charge is 2.27. The highest BCUT2D eigenvalue weighted by molar-refractivity contribution is 5.85. The summed E-state index contributed by atoms with van der Waals surface area (Å²) in [4.78, 5) is 0. The Labute approximate surface area is 128 Å². The van der Waals surface area contributed by atoms with Gasteiger partial charge in [0.25, 0.3) is 0 Å². The van der Waals surface area contributed by atoms with E-state index in [1.165, 1.54) is 47.8 Å². The summed E-state index contributed by atoms with van der Waals surface area (Å²) in [6.45, 7) is 8.05. The van der Waals surface area contributed by atoms with Crippen molar-refractivity contribution in [3.05, 3.63) is 35.5 Å². The van der Waals surface area contributed by atoms with Crippen LogP contribution in [0.2, 0.25) is 0 Å². The number of hydrogen-bond donors (Lipinski definition) is 1. The summed E-state index contributed by atoms with van der Waals surface area (Å²) in [7, 11) is 2.19. The molecular formula is C19H28N2. The molecule has 0 radical (unpaired) electrons. The third kappa shape index (κ3) is 2.87. The number of rotatable bonds is 3. The Bertz CT molecular complexity index is 597. The van der Waals surface area contributed by atoms with Gasteiger partial charge in [0.15, 0.2) is 0 Å². The summed E-state index contributed by atoms with van der Waals surface area (Å²) < 4.78 is 2.35. The lowest BCUT2D eigenvalue weighted by atomic mass is 9.75. The Hall–Kier alpha value is -1.28. The van der Waals surface area contributed by atoms with Crippen LogP contribution in [-0.2, 0) is 13.6 Å². The van der Waals surface area contributed by atoms with Gasteiger partial charge in [-0.2, -0.15) is 0 Å². The highest BCUT2D eigenvalue weighted by atomic mass is 15.0. The molecule has 0 spiro atoms. The molecule has 0 bridgehead atoms. The van der Waals surface area contributed by atoms with Gasteiger partial charge in [-0.25, -0.2) is 0 Å². The molecule has 1 aromatic heterocycles. The number of fused-ring (bicyclic) bond motifs is 1. The molecule has 0 amide bonds. The van der Waals surface area contributed by atoms with E-state index < -0.39 is 0 Å². The summed E-state index contributed by atoms with van der Waals surface area (Å²) in [6, 6.07) is 9.39. The van der Waals surface area contributed by atoms with Crippen molar-refractivity contribution in [1.82, 2.24) is 9.88 Å². The van der Waals surface area contributed by atoms with Gasteiger partial charge in [0.05, 0.1) is 0 Å². The summed E-state index contributed by atoms with van der Waals surface area (Å²) >= 11 is 0. The second kappa shape index (κ2) is 5.49. The molecular weight excluding hydrogens is 256 g/mol. The zero-order valence-electron chi connectivity index (χ0n) is 13.9. The van der Waals surface area contributed by atoms with Crippen molar-refractivity contribution in [1.29, 1.82) is 0 Å². The van der Waals surface area contributed by atoms with E-state index in [4.69, 9.17) is 0 Å². The molecule has 0 saturated heterocycles. The number of aromatic nitrogens is 1. The molecule has 1 aliphatic rings. The van der Waals surface area contributed by atoms with Crippen LogP contribution in [-0.4, -0.2) is 10.6 Å². The van der Waals surface area contributed by atoms with Crippen LogP contribution in [0.15, 0.2) is 24.3 Å². The first-order valence-electron chi connectivity index (χ1n) is 8.24. The zero-order chi connectivity index (χ0) is 15.0. The first-order valence-corrected chi connectivity index (χ1v) is 8.24. The molecule has 1 fully saturated rings. The topological polar surface area (TPSA) is 17.0 Å². The third-order valence-corrected chi connectivity index (χ3v) is 5.27. The molecule has 1 heterocycles. The molecule has 3 rings (SSSR count). The van der Waals surface area contributed by atoms with Gasteiger partial charge < -0.3 is 9.88 Å². The largest absolute Gasteiger partial charge is 0.346 e. The van der Waals surface area contributed by atoms with Gasteiger partial charge in [-0.1, -0.05) is 38.5 Å². The van der Waals surface area contributed by atoms with E-state index in [0.29, 0.717) is 11.5 Å². The summed E-state index contributed by atoms with van der Waals surface area (Å²) in [5.41, 5.74) is 4.70. The average Bonchev–Trinajstić information content (AvgIpc) is 2.69. The van der Waals surface area contributed by atoms with E-state index in [-0.39, 0.29) is 0 Å². The van der Waals surface area contributed by atoms with Crippen LogP contribution in [0.4, 0.5) is 0 Å². The minimum atomic E-state index is 0.504. The molecule has 0 aliphatic heterocycles. The molecule has 2 nitrogen and oxygen atoms in total. The quantitative estimate of drug-likeness (QED) is 0.875. The molecule has 2 aromatic rings. The highest BCUT2D eigenvalue weighted by Crippen LogP contribution is 2.35. The summed E-state index contributed by atoms with van der Waals surface area (Å²) in [5.74, 6) is 0. The molecule has 1 atom stereocenters. The minimum Gasteiger partial charge on any atom is -0.346 e. The van der Waals surface area contributed by atoms with Gasteiger partial charge >= 0.3 is 0 Å². The van der Waals surface area contributed by atoms with Gasteiger partial charge in [-0.05, 0) is 43.2 Å². The van der Waals surface area contributed by atoms with Crippen LogP contribution in [0.1, 0.15) is 50.8 Å². The van der Waals surface area contributed by atoms with Crippen LogP contribution in [0.5, 0.6) is 0 Å². The maximum atomic E-state index is 3.82. The van der Waals surface area contributed by atoms with E-state index in [2.05, 4.69) is 62.0 Å². The lowest BCUT2D eigenvalue weighted by Crippen LogP contribution is -2.37. The Morgan fingerprint density at radius 2 is 2.05 bits per heavy atom. The van der Waals surface area contributed by atoms with Crippen LogP contribution in [0.3, 0.4) is 0 Å². The van der Waals surface area contributed by atoms with Gasteiger partial charge in [-0.3, -0.25) is 0 Å². The number of nitrogens with zero attached hydrogens (tertiary/aromatic N) is 1. The van der Waals surface area contributed by atoms with E-state index in [9.17, 15) is 0 Å². The van der Waals surface area contributed by atoms with Gasteiger partial charge in [0, 0.05) is 36.2 Å². The zero-order valence-corrected chi connectivity index (χ0v) is 13.9. The third-order valence-electron chi connectivity index (χ3n) is 5.27. The fourth-order valence-electron chi connectivity index (χ4n) is 4.00. The van der Waals surface area contributed by atoms with Gasteiger partial charge in [0.1, 0.15) is 0 Å². The molecule has 2 heteroatoms. The summed E-state index contributed by atoms with van der Waals surface area (Å²) in [6.07, 6.45) is 5.36.